The van der Waals surface area contributed by atoms with Gasteiger partial charge < -0.3 is 21.7 Å². The van der Waals surface area contributed by atoms with Gasteiger partial charge in [-0.15, -0.1) is 0 Å². The van der Waals surface area contributed by atoms with Crippen molar-refractivity contribution in [1.29, 1.82) is 0 Å². The van der Waals surface area contributed by atoms with Crippen molar-refractivity contribution < 1.29 is 19.2 Å². The highest BCUT2D eigenvalue weighted by atomic mass is 16.2. The lowest BCUT2D eigenvalue weighted by atomic mass is 9.95. The third-order valence-corrected chi connectivity index (χ3v) is 4.14. The minimum Gasteiger partial charge on any atom is -0.370 e. The Morgan fingerprint density at radius 3 is 2.27 bits per heavy atom. The van der Waals surface area contributed by atoms with Crippen LogP contribution in [0.2, 0.25) is 0 Å². The van der Waals surface area contributed by atoms with Crippen LogP contribution >= 0.6 is 0 Å². The van der Waals surface area contributed by atoms with Gasteiger partial charge in [-0.1, -0.05) is 39.0 Å². The summed E-state index contributed by atoms with van der Waals surface area (Å²) in [6, 6.07) is 13.1. The molecule has 0 saturated carbocycles. The first-order valence-corrected chi connectivity index (χ1v) is 9.46. The molecule has 0 atom stereocenters. The Bertz CT molecular complexity index is 964. The predicted octanol–water partition coefficient (Wildman–Crippen LogP) is 2.53. The Labute approximate surface area is 175 Å². The second-order valence-corrected chi connectivity index (χ2v) is 7.76. The summed E-state index contributed by atoms with van der Waals surface area (Å²) >= 11 is 0. The van der Waals surface area contributed by atoms with Gasteiger partial charge in [-0.05, 0) is 30.3 Å². The lowest BCUT2D eigenvalue weighted by Gasteiger charge is -2.18. The van der Waals surface area contributed by atoms with Crippen LogP contribution in [0.1, 0.15) is 47.9 Å². The second kappa shape index (κ2) is 9.69. The molecule has 0 saturated heterocycles. The quantitative estimate of drug-likeness (QED) is 0.559. The molecule has 0 radical (unpaired) electrons. The maximum atomic E-state index is 12.7. The van der Waals surface area contributed by atoms with Crippen molar-refractivity contribution in [2.45, 2.75) is 27.2 Å². The second-order valence-electron chi connectivity index (χ2n) is 7.76. The summed E-state index contributed by atoms with van der Waals surface area (Å²) in [7, 11) is 0. The van der Waals surface area contributed by atoms with Crippen LogP contribution in [-0.2, 0) is 9.59 Å². The number of rotatable bonds is 7. The highest BCUT2D eigenvalue weighted by Gasteiger charge is 2.21. The zero-order valence-electron chi connectivity index (χ0n) is 17.2. The molecule has 30 heavy (non-hydrogen) atoms. The minimum atomic E-state index is -0.570. The number of nitrogens with two attached hydrogens (primary N) is 1. The molecule has 0 heterocycles. The number of primary amides is 1. The Morgan fingerprint density at radius 1 is 0.900 bits per heavy atom. The van der Waals surface area contributed by atoms with E-state index in [0.29, 0.717) is 16.9 Å². The van der Waals surface area contributed by atoms with E-state index in [1.807, 2.05) is 0 Å². The highest BCUT2D eigenvalue weighted by molar-refractivity contribution is 6.09. The molecule has 8 heteroatoms. The number of hydrogen-bond donors (Lipinski definition) is 4. The number of amides is 4. The average molecular weight is 410 g/mol. The van der Waals surface area contributed by atoms with Crippen molar-refractivity contribution in [3.05, 3.63) is 59.7 Å². The third-order valence-electron chi connectivity index (χ3n) is 4.14. The van der Waals surface area contributed by atoms with E-state index in [1.165, 1.54) is 0 Å². The molecule has 0 aliphatic rings. The van der Waals surface area contributed by atoms with E-state index in [0.717, 1.165) is 0 Å². The topological polar surface area (TPSA) is 130 Å². The molecule has 4 amide bonds. The summed E-state index contributed by atoms with van der Waals surface area (Å²) in [6.07, 6.45) is 0.0212. The maximum Gasteiger partial charge on any atom is 0.255 e. The van der Waals surface area contributed by atoms with Gasteiger partial charge in [0.1, 0.15) is 0 Å². The summed E-state index contributed by atoms with van der Waals surface area (Å²) < 4.78 is 0. The van der Waals surface area contributed by atoms with Crippen LogP contribution < -0.4 is 21.7 Å². The summed E-state index contributed by atoms with van der Waals surface area (Å²) in [5.74, 6) is -1.55. The van der Waals surface area contributed by atoms with Gasteiger partial charge >= 0.3 is 0 Å². The Morgan fingerprint density at radius 2 is 1.60 bits per heavy atom. The Kier molecular flexibility index (Phi) is 7.30. The molecule has 0 aliphatic carbocycles. The molecule has 0 unspecified atom stereocenters. The summed E-state index contributed by atoms with van der Waals surface area (Å²) in [6.45, 7) is 5.49. The molecule has 2 aromatic rings. The predicted molar refractivity (Wildman–Crippen MR) is 115 cm³/mol. The molecule has 5 N–H and O–H groups in total. The van der Waals surface area contributed by atoms with Gasteiger partial charge in [-0.25, -0.2) is 0 Å². The van der Waals surface area contributed by atoms with Gasteiger partial charge in [0.15, 0.2) is 0 Å². The normalized spacial score (nSPS) is 10.8. The summed E-state index contributed by atoms with van der Waals surface area (Å²) in [4.78, 5) is 48.1. The van der Waals surface area contributed by atoms with Crippen LogP contribution in [0.3, 0.4) is 0 Å². The Hall–Kier alpha value is -3.68. The van der Waals surface area contributed by atoms with Crippen molar-refractivity contribution in [2.75, 3.05) is 17.2 Å². The van der Waals surface area contributed by atoms with Gasteiger partial charge in [0.05, 0.1) is 11.3 Å². The first kappa shape index (κ1) is 22.6. The first-order valence-electron chi connectivity index (χ1n) is 9.46. The van der Waals surface area contributed by atoms with Crippen LogP contribution in [0, 0.1) is 5.41 Å². The lowest BCUT2D eigenvalue weighted by molar-refractivity contribution is -0.123. The number of carbonyl (C=O) groups excluding carboxylic acids is 4. The molecule has 2 aromatic carbocycles. The number of carbonyl (C=O) groups is 4. The van der Waals surface area contributed by atoms with Crippen LogP contribution in [0.15, 0.2) is 48.5 Å². The largest absolute Gasteiger partial charge is 0.370 e. The van der Waals surface area contributed by atoms with Gasteiger partial charge in [0.25, 0.3) is 11.8 Å². The fourth-order valence-electron chi connectivity index (χ4n) is 2.44. The van der Waals surface area contributed by atoms with Gasteiger partial charge in [-0.2, -0.15) is 0 Å². The van der Waals surface area contributed by atoms with Crippen molar-refractivity contribution >= 4 is 35.0 Å². The van der Waals surface area contributed by atoms with Gasteiger partial charge in [-0.3, -0.25) is 19.2 Å². The number of hydrogen-bond acceptors (Lipinski definition) is 4. The number of anilines is 2. The van der Waals surface area contributed by atoms with Crippen molar-refractivity contribution in [3.8, 4) is 0 Å². The molecule has 158 valence electrons. The van der Waals surface area contributed by atoms with Crippen LogP contribution in [-0.4, -0.2) is 30.2 Å². The van der Waals surface area contributed by atoms with E-state index in [1.54, 1.807) is 69.3 Å². The SMILES string of the molecule is CC(C)(C)C(=O)Nc1cccc(C(=O)Nc2ccccc2C(=O)NCCC(N)=O)c1. The van der Waals surface area contributed by atoms with Crippen LogP contribution in [0.5, 0.6) is 0 Å². The number of benzene rings is 2. The Balaban J connectivity index is 2.13. The van der Waals surface area contributed by atoms with Crippen molar-refractivity contribution in [3.63, 3.8) is 0 Å². The third kappa shape index (κ3) is 6.44. The van der Waals surface area contributed by atoms with Gasteiger partial charge in [0, 0.05) is 29.6 Å². The molecular weight excluding hydrogens is 384 g/mol. The first-order chi connectivity index (χ1) is 14.1. The standard InChI is InChI=1S/C22H26N4O4/c1-22(2,3)21(30)25-15-8-6-7-14(13-15)19(28)26-17-10-5-4-9-16(17)20(29)24-12-11-18(23)27/h4-10,13H,11-12H2,1-3H3,(H2,23,27)(H,24,29)(H,25,30)(H,26,28). The lowest BCUT2D eigenvalue weighted by Crippen LogP contribution is -2.29. The molecule has 0 aromatic heterocycles. The number of nitrogens with one attached hydrogen (secondary N) is 3. The molecule has 0 aliphatic heterocycles. The zero-order valence-corrected chi connectivity index (χ0v) is 17.2. The zero-order chi connectivity index (χ0) is 22.3. The summed E-state index contributed by atoms with van der Waals surface area (Å²) in [5, 5.41) is 8.09. The van der Waals surface area contributed by atoms with E-state index in [9.17, 15) is 19.2 Å². The molecule has 2 rings (SSSR count). The summed E-state index contributed by atoms with van der Waals surface area (Å²) in [5.41, 5.74) is 5.90. The molecular formula is C22H26N4O4. The van der Waals surface area contributed by atoms with E-state index < -0.39 is 23.1 Å². The minimum absolute atomic E-state index is 0.0212. The molecule has 0 spiro atoms. The van der Waals surface area contributed by atoms with E-state index in [2.05, 4.69) is 16.0 Å². The smallest absolute Gasteiger partial charge is 0.255 e. The monoisotopic (exact) mass is 410 g/mol. The van der Waals surface area contributed by atoms with Crippen molar-refractivity contribution in [2.24, 2.45) is 11.1 Å². The maximum absolute atomic E-state index is 12.7. The van der Waals surface area contributed by atoms with E-state index in [-0.39, 0.29) is 24.4 Å². The molecule has 8 nitrogen and oxygen atoms in total. The fraction of sp³-hybridized carbons (Fsp3) is 0.273. The molecule has 0 bridgehead atoms. The fourth-order valence-corrected chi connectivity index (χ4v) is 2.44. The van der Waals surface area contributed by atoms with Crippen molar-refractivity contribution in [1.82, 2.24) is 5.32 Å². The van der Waals surface area contributed by atoms with Crippen LogP contribution in [0.4, 0.5) is 11.4 Å². The van der Waals surface area contributed by atoms with E-state index in [4.69, 9.17) is 5.73 Å². The molecule has 0 fully saturated rings. The van der Waals surface area contributed by atoms with Gasteiger partial charge in [0.2, 0.25) is 11.8 Å². The van der Waals surface area contributed by atoms with Crippen LogP contribution in [0.25, 0.3) is 0 Å². The highest BCUT2D eigenvalue weighted by Crippen LogP contribution is 2.20. The number of para-hydroxylation sites is 1. The average Bonchev–Trinajstić information content (AvgIpc) is 2.67. The van der Waals surface area contributed by atoms with E-state index >= 15 is 0 Å².